The van der Waals surface area contributed by atoms with Gasteiger partial charge in [-0.15, -0.1) is 0 Å². The van der Waals surface area contributed by atoms with Crippen molar-refractivity contribution in [1.29, 1.82) is 0 Å². The highest BCUT2D eigenvalue weighted by Gasteiger charge is 2.01. The van der Waals surface area contributed by atoms with E-state index in [1.54, 1.807) is 18.3 Å². The van der Waals surface area contributed by atoms with Gasteiger partial charge in [-0.05, 0) is 24.3 Å². The zero-order chi connectivity index (χ0) is 12.4. The molecule has 0 saturated heterocycles. The van der Waals surface area contributed by atoms with Crippen molar-refractivity contribution >= 4 is 32.9 Å². The monoisotopic (exact) mass is 254 g/mol. The Balaban J connectivity index is 1.95. The molecule has 0 fully saturated rings. The van der Waals surface area contributed by atoms with Crippen LogP contribution in [0.5, 0.6) is 5.75 Å². The fourth-order valence-corrected chi connectivity index (χ4v) is 2.45. The molecular weight excluding hydrogens is 244 g/mol. The van der Waals surface area contributed by atoms with Gasteiger partial charge in [0.15, 0.2) is 0 Å². The Bertz CT molecular complexity index is 685. The first kappa shape index (κ1) is 10.9. The molecule has 2 aromatic carbocycles. The molecule has 3 nitrogen and oxygen atoms in total. The molecular formula is C14H10N2OS. The summed E-state index contributed by atoms with van der Waals surface area (Å²) >= 11 is 1.53. The maximum atomic E-state index is 9.62. The number of phenolic OH excluding ortho intramolecular Hbond substituents is 1. The zero-order valence-electron chi connectivity index (χ0n) is 9.45. The fourth-order valence-electron chi connectivity index (χ4n) is 1.64. The number of benzene rings is 2. The maximum Gasteiger partial charge on any atom is 0.210 e. The van der Waals surface area contributed by atoms with Crippen LogP contribution in [0.1, 0.15) is 5.56 Å². The molecule has 0 saturated carbocycles. The molecule has 1 N–H and O–H groups in total. The van der Waals surface area contributed by atoms with E-state index < -0.39 is 0 Å². The largest absolute Gasteiger partial charge is 0.507 e. The van der Waals surface area contributed by atoms with E-state index in [4.69, 9.17) is 0 Å². The molecule has 1 aromatic heterocycles. The first-order valence-corrected chi connectivity index (χ1v) is 6.32. The molecule has 18 heavy (non-hydrogen) atoms. The summed E-state index contributed by atoms with van der Waals surface area (Å²) in [7, 11) is 0. The van der Waals surface area contributed by atoms with Crippen LogP contribution in [-0.2, 0) is 0 Å². The van der Waals surface area contributed by atoms with Gasteiger partial charge in [-0.1, -0.05) is 35.6 Å². The number of hydrogen-bond acceptors (Lipinski definition) is 4. The Morgan fingerprint density at radius 3 is 2.67 bits per heavy atom. The van der Waals surface area contributed by atoms with Crippen LogP contribution in [0.15, 0.2) is 53.5 Å². The van der Waals surface area contributed by atoms with E-state index in [1.807, 2.05) is 36.4 Å². The number of para-hydroxylation sites is 2. The van der Waals surface area contributed by atoms with Crippen molar-refractivity contribution in [1.82, 2.24) is 4.98 Å². The van der Waals surface area contributed by atoms with Crippen LogP contribution in [0.4, 0.5) is 5.13 Å². The summed E-state index contributed by atoms with van der Waals surface area (Å²) in [5.74, 6) is 0.224. The highest BCUT2D eigenvalue weighted by molar-refractivity contribution is 7.22. The van der Waals surface area contributed by atoms with E-state index in [0.717, 1.165) is 10.2 Å². The summed E-state index contributed by atoms with van der Waals surface area (Å²) in [5.41, 5.74) is 1.64. The van der Waals surface area contributed by atoms with Crippen LogP contribution >= 0.6 is 11.3 Å². The van der Waals surface area contributed by atoms with Crippen molar-refractivity contribution in [3.8, 4) is 5.75 Å². The molecule has 0 aliphatic carbocycles. The highest BCUT2D eigenvalue weighted by atomic mass is 32.1. The number of aromatic nitrogens is 1. The van der Waals surface area contributed by atoms with Crippen molar-refractivity contribution in [3.05, 3.63) is 54.1 Å². The lowest BCUT2D eigenvalue weighted by Gasteiger charge is -1.95. The quantitative estimate of drug-likeness (QED) is 0.708. The van der Waals surface area contributed by atoms with E-state index in [2.05, 4.69) is 9.98 Å². The number of hydrogen-bond donors (Lipinski definition) is 1. The van der Waals surface area contributed by atoms with Gasteiger partial charge in [-0.2, -0.15) is 0 Å². The Morgan fingerprint density at radius 1 is 1.06 bits per heavy atom. The summed E-state index contributed by atoms with van der Waals surface area (Å²) in [4.78, 5) is 8.69. The second-order valence-corrected chi connectivity index (χ2v) is 4.79. The number of thiazole rings is 1. The molecule has 0 bridgehead atoms. The molecule has 4 heteroatoms. The van der Waals surface area contributed by atoms with Crippen LogP contribution in [0.25, 0.3) is 10.2 Å². The van der Waals surface area contributed by atoms with Crippen molar-refractivity contribution in [2.24, 2.45) is 4.99 Å². The zero-order valence-corrected chi connectivity index (χ0v) is 10.3. The lowest BCUT2D eigenvalue weighted by atomic mass is 10.2. The number of fused-ring (bicyclic) bond motifs is 1. The van der Waals surface area contributed by atoms with Crippen molar-refractivity contribution in [3.63, 3.8) is 0 Å². The normalized spacial score (nSPS) is 11.3. The number of phenols is 1. The Labute approximate surface area is 108 Å². The minimum atomic E-state index is 0.224. The smallest absolute Gasteiger partial charge is 0.210 e. The van der Waals surface area contributed by atoms with Gasteiger partial charge in [0.05, 0.1) is 10.2 Å². The van der Waals surface area contributed by atoms with E-state index in [-0.39, 0.29) is 5.75 Å². The topological polar surface area (TPSA) is 45.5 Å². The maximum absolute atomic E-state index is 9.62. The molecule has 0 aliphatic heterocycles. The molecule has 88 valence electrons. The number of aliphatic imine (C=N–C) groups is 1. The molecule has 0 aliphatic rings. The van der Waals surface area contributed by atoms with Gasteiger partial charge in [0.1, 0.15) is 5.75 Å². The molecule has 0 radical (unpaired) electrons. The minimum absolute atomic E-state index is 0.224. The van der Waals surface area contributed by atoms with E-state index in [0.29, 0.717) is 10.7 Å². The van der Waals surface area contributed by atoms with Crippen LogP contribution < -0.4 is 0 Å². The molecule has 3 aromatic rings. The SMILES string of the molecule is Oc1ccccc1/C=N/c1nc2ccccc2s1. The third kappa shape index (κ3) is 2.10. The van der Waals surface area contributed by atoms with E-state index in [9.17, 15) is 5.11 Å². The van der Waals surface area contributed by atoms with Gasteiger partial charge in [-0.3, -0.25) is 0 Å². The van der Waals surface area contributed by atoms with E-state index in [1.165, 1.54) is 11.3 Å². The Kier molecular flexibility index (Phi) is 2.78. The lowest BCUT2D eigenvalue weighted by Crippen LogP contribution is -1.80. The predicted octanol–water partition coefficient (Wildman–Crippen LogP) is 3.75. The average Bonchev–Trinajstić information content (AvgIpc) is 2.80. The summed E-state index contributed by atoms with van der Waals surface area (Å²) < 4.78 is 1.11. The number of aromatic hydroxyl groups is 1. The summed E-state index contributed by atoms with van der Waals surface area (Å²) in [5, 5.41) is 10.3. The van der Waals surface area contributed by atoms with Crippen molar-refractivity contribution < 1.29 is 5.11 Å². The predicted molar refractivity (Wildman–Crippen MR) is 75.0 cm³/mol. The molecule has 1 heterocycles. The molecule has 0 atom stereocenters. The van der Waals surface area contributed by atoms with Gasteiger partial charge in [0.25, 0.3) is 0 Å². The van der Waals surface area contributed by atoms with Crippen LogP contribution in [0.3, 0.4) is 0 Å². The fraction of sp³-hybridized carbons (Fsp3) is 0. The first-order valence-electron chi connectivity index (χ1n) is 5.50. The molecule has 0 spiro atoms. The number of nitrogens with zero attached hydrogens (tertiary/aromatic N) is 2. The Morgan fingerprint density at radius 2 is 1.83 bits per heavy atom. The number of rotatable bonds is 2. The van der Waals surface area contributed by atoms with Gasteiger partial charge >= 0.3 is 0 Å². The van der Waals surface area contributed by atoms with Gasteiger partial charge in [0, 0.05) is 11.8 Å². The third-order valence-corrected chi connectivity index (χ3v) is 3.48. The van der Waals surface area contributed by atoms with Crippen LogP contribution in [0.2, 0.25) is 0 Å². The van der Waals surface area contributed by atoms with Gasteiger partial charge in [0.2, 0.25) is 5.13 Å². The third-order valence-electron chi connectivity index (χ3n) is 2.53. The summed E-state index contributed by atoms with van der Waals surface area (Å²) in [6.45, 7) is 0. The first-order chi connectivity index (χ1) is 8.83. The van der Waals surface area contributed by atoms with Crippen molar-refractivity contribution in [2.45, 2.75) is 0 Å². The summed E-state index contributed by atoms with van der Waals surface area (Å²) in [6.07, 6.45) is 1.63. The Hall–Kier alpha value is -2.20. The standard InChI is InChI=1S/C14H10N2OS/c17-12-7-3-1-5-10(12)9-15-14-16-11-6-2-4-8-13(11)18-14/h1-9,17H/b15-9+. The van der Waals surface area contributed by atoms with E-state index >= 15 is 0 Å². The second-order valence-electron chi connectivity index (χ2n) is 3.78. The average molecular weight is 254 g/mol. The second kappa shape index (κ2) is 4.58. The highest BCUT2D eigenvalue weighted by Crippen LogP contribution is 2.27. The van der Waals surface area contributed by atoms with Crippen LogP contribution in [0, 0.1) is 0 Å². The van der Waals surface area contributed by atoms with Gasteiger partial charge in [-0.25, -0.2) is 9.98 Å². The molecule has 0 unspecified atom stereocenters. The lowest BCUT2D eigenvalue weighted by molar-refractivity contribution is 0.474. The van der Waals surface area contributed by atoms with Crippen LogP contribution in [-0.4, -0.2) is 16.3 Å². The molecule has 3 rings (SSSR count). The van der Waals surface area contributed by atoms with Crippen molar-refractivity contribution in [2.75, 3.05) is 0 Å². The van der Waals surface area contributed by atoms with Gasteiger partial charge < -0.3 is 5.11 Å². The molecule has 0 amide bonds. The summed E-state index contributed by atoms with van der Waals surface area (Å²) in [6, 6.07) is 15.0. The minimum Gasteiger partial charge on any atom is -0.507 e.